The number of fused-ring (bicyclic) bond motifs is 1. The van der Waals surface area contributed by atoms with Crippen molar-refractivity contribution in [2.75, 3.05) is 45.7 Å². The fraction of sp³-hybridized carbons (Fsp3) is 0.360. The van der Waals surface area contributed by atoms with Gasteiger partial charge in [0.15, 0.2) is 5.69 Å². The van der Waals surface area contributed by atoms with Gasteiger partial charge in [0.25, 0.3) is 0 Å². The summed E-state index contributed by atoms with van der Waals surface area (Å²) in [5.41, 5.74) is 2.09. The SMILES string of the molecule is COc1ccc2c(N3CCCC(CN(C)C)C3)nc(C#N)c(-c3cccc(Cl)c3)c2c1. The standard InChI is InChI=1S/C25H27ClN4O/c1-29(2)15-17-6-5-11-30(16-17)25-21-10-9-20(31-3)13-22(21)24(23(14-27)28-25)18-7-4-8-19(26)12-18/h4,7-10,12-13,17H,5-6,11,15-16H2,1-3H3. The Balaban J connectivity index is 1.90. The highest BCUT2D eigenvalue weighted by atomic mass is 35.5. The van der Waals surface area contributed by atoms with Crippen molar-refractivity contribution in [3.05, 3.63) is 53.2 Å². The van der Waals surface area contributed by atoms with Gasteiger partial charge >= 0.3 is 0 Å². The Morgan fingerprint density at radius 3 is 2.77 bits per heavy atom. The predicted molar refractivity (Wildman–Crippen MR) is 127 cm³/mol. The molecule has 2 heterocycles. The van der Waals surface area contributed by atoms with Crippen LogP contribution in [0.4, 0.5) is 5.82 Å². The van der Waals surface area contributed by atoms with E-state index in [2.05, 4.69) is 36.0 Å². The van der Waals surface area contributed by atoms with Crippen molar-refractivity contribution < 1.29 is 4.74 Å². The highest BCUT2D eigenvalue weighted by molar-refractivity contribution is 6.31. The Morgan fingerprint density at radius 1 is 1.23 bits per heavy atom. The van der Waals surface area contributed by atoms with Crippen LogP contribution in [0, 0.1) is 17.2 Å². The van der Waals surface area contributed by atoms with Crippen molar-refractivity contribution in [2.45, 2.75) is 12.8 Å². The summed E-state index contributed by atoms with van der Waals surface area (Å²) in [4.78, 5) is 9.47. The number of nitriles is 1. The number of ether oxygens (including phenoxy) is 1. The lowest BCUT2D eigenvalue weighted by Crippen LogP contribution is -2.40. The van der Waals surface area contributed by atoms with Crippen molar-refractivity contribution in [1.82, 2.24) is 9.88 Å². The van der Waals surface area contributed by atoms with E-state index in [1.807, 2.05) is 36.4 Å². The first-order valence-corrected chi connectivity index (χ1v) is 11.0. The molecule has 0 amide bonds. The number of methoxy groups -OCH3 is 1. The van der Waals surface area contributed by atoms with E-state index >= 15 is 0 Å². The van der Waals surface area contributed by atoms with Crippen LogP contribution in [0.3, 0.4) is 0 Å². The van der Waals surface area contributed by atoms with Crippen molar-refractivity contribution in [3.63, 3.8) is 0 Å². The molecule has 160 valence electrons. The number of hydrogen-bond acceptors (Lipinski definition) is 5. The molecule has 1 aromatic heterocycles. The van der Waals surface area contributed by atoms with E-state index in [9.17, 15) is 5.26 Å². The van der Waals surface area contributed by atoms with Crippen LogP contribution in [0.2, 0.25) is 5.02 Å². The average molecular weight is 435 g/mol. The van der Waals surface area contributed by atoms with Crippen molar-refractivity contribution in [1.29, 1.82) is 5.26 Å². The number of halogens is 1. The third-order valence-electron chi connectivity index (χ3n) is 5.85. The summed E-state index contributed by atoms with van der Waals surface area (Å²) in [5, 5.41) is 12.6. The lowest BCUT2D eigenvalue weighted by Gasteiger charge is -2.35. The zero-order chi connectivity index (χ0) is 22.0. The predicted octanol–water partition coefficient (Wildman–Crippen LogP) is 5.21. The second kappa shape index (κ2) is 9.13. The fourth-order valence-electron chi connectivity index (χ4n) is 4.58. The lowest BCUT2D eigenvalue weighted by atomic mass is 9.94. The van der Waals surface area contributed by atoms with Crippen molar-refractivity contribution >= 4 is 28.2 Å². The van der Waals surface area contributed by atoms with E-state index in [1.54, 1.807) is 7.11 Å². The van der Waals surface area contributed by atoms with Gasteiger partial charge < -0.3 is 14.5 Å². The molecule has 1 unspecified atom stereocenters. The molecule has 1 atom stereocenters. The molecule has 1 saturated heterocycles. The number of anilines is 1. The molecule has 1 fully saturated rings. The van der Waals surface area contributed by atoms with E-state index in [1.165, 1.54) is 6.42 Å². The number of benzene rings is 2. The third-order valence-corrected chi connectivity index (χ3v) is 6.09. The first-order valence-electron chi connectivity index (χ1n) is 10.6. The van der Waals surface area contributed by atoms with E-state index < -0.39 is 0 Å². The Hall–Kier alpha value is -2.81. The molecule has 3 aromatic rings. The van der Waals surface area contributed by atoms with Gasteiger partial charge in [-0.25, -0.2) is 4.98 Å². The van der Waals surface area contributed by atoms with E-state index in [0.29, 0.717) is 16.6 Å². The van der Waals surface area contributed by atoms with Gasteiger partial charge in [0.2, 0.25) is 0 Å². The van der Waals surface area contributed by atoms with Gasteiger partial charge in [-0.1, -0.05) is 23.7 Å². The highest BCUT2D eigenvalue weighted by Gasteiger charge is 2.25. The molecule has 2 aromatic carbocycles. The van der Waals surface area contributed by atoms with Crippen LogP contribution in [0.15, 0.2) is 42.5 Å². The summed E-state index contributed by atoms with van der Waals surface area (Å²) >= 11 is 6.27. The molecule has 31 heavy (non-hydrogen) atoms. The zero-order valence-corrected chi connectivity index (χ0v) is 19.0. The minimum atomic E-state index is 0.410. The zero-order valence-electron chi connectivity index (χ0n) is 18.2. The monoisotopic (exact) mass is 434 g/mol. The Labute approximate surface area is 188 Å². The minimum Gasteiger partial charge on any atom is -0.497 e. The van der Waals surface area contributed by atoms with Gasteiger partial charge in [-0.3, -0.25) is 0 Å². The molecule has 0 N–H and O–H groups in total. The third kappa shape index (κ3) is 4.46. The number of pyridine rings is 1. The molecule has 0 saturated carbocycles. The number of aromatic nitrogens is 1. The minimum absolute atomic E-state index is 0.410. The van der Waals surface area contributed by atoms with Gasteiger partial charge in [0, 0.05) is 35.6 Å². The van der Waals surface area contributed by atoms with Crippen molar-refractivity contribution in [3.8, 4) is 22.9 Å². The molecule has 0 spiro atoms. The molecular weight excluding hydrogens is 408 g/mol. The Morgan fingerprint density at radius 2 is 2.06 bits per heavy atom. The topological polar surface area (TPSA) is 52.4 Å². The van der Waals surface area contributed by atoms with Crippen LogP contribution < -0.4 is 9.64 Å². The van der Waals surface area contributed by atoms with E-state index in [-0.39, 0.29) is 0 Å². The summed E-state index contributed by atoms with van der Waals surface area (Å²) in [6, 6.07) is 15.9. The normalized spacial score (nSPS) is 16.5. The van der Waals surface area contributed by atoms with Crippen LogP contribution in [-0.2, 0) is 0 Å². The highest BCUT2D eigenvalue weighted by Crippen LogP contribution is 2.39. The maximum Gasteiger partial charge on any atom is 0.151 e. The second-order valence-corrected chi connectivity index (χ2v) is 8.85. The van der Waals surface area contributed by atoms with Crippen LogP contribution in [0.25, 0.3) is 21.9 Å². The Kier molecular flexibility index (Phi) is 6.31. The van der Waals surface area contributed by atoms with Crippen molar-refractivity contribution in [2.24, 2.45) is 5.92 Å². The maximum absolute atomic E-state index is 10.0. The lowest BCUT2D eigenvalue weighted by molar-refractivity contribution is 0.291. The second-order valence-electron chi connectivity index (χ2n) is 8.41. The molecule has 4 rings (SSSR count). The average Bonchev–Trinajstić information content (AvgIpc) is 2.77. The molecule has 6 heteroatoms. The fourth-order valence-corrected chi connectivity index (χ4v) is 4.77. The summed E-state index contributed by atoms with van der Waals surface area (Å²) in [7, 11) is 5.89. The summed E-state index contributed by atoms with van der Waals surface area (Å²) < 4.78 is 5.51. The molecule has 1 aliphatic rings. The molecule has 0 bridgehead atoms. The van der Waals surface area contributed by atoms with E-state index in [4.69, 9.17) is 21.3 Å². The van der Waals surface area contributed by atoms with Crippen LogP contribution in [0.1, 0.15) is 18.5 Å². The van der Waals surface area contributed by atoms with Gasteiger partial charge in [-0.15, -0.1) is 0 Å². The Bertz CT molecular complexity index is 1140. The van der Waals surface area contributed by atoms with Crippen LogP contribution in [0.5, 0.6) is 5.75 Å². The summed E-state index contributed by atoms with van der Waals surface area (Å²) in [6.45, 7) is 2.93. The molecule has 5 nitrogen and oxygen atoms in total. The van der Waals surface area contributed by atoms with Crippen LogP contribution >= 0.6 is 11.6 Å². The smallest absolute Gasteiger partial charge is 0.151 e. The maximum atomic E-state index is 10.0. The number of hydrogen-bond donors (Lipinski definition) is 0. The van der Waals surface area contributed by atoms with E-state index in [0.717, 1.165) is 59.5 Å². The number of nitrogens with zero attached hydrogens (tertiary/aromatic N) is 4. The molecule has 0 aliphatic carbocycles. The number of rotatable bonds is 5. The molecule has 1 aliphatic heterocycles. The first-order chi connectivity index (χ1) is 15.0. The van der Waals surface area contributed by atoms with Gasteiger partial charge in [-0.05, 0) is 74.1 Å². The number of piperidine rings is 1. The summed E-state index contributed by atoms with van der Waals surface area (Å²) in [6.07, 6.45) is 2.34. The van der Waals surface area contributed by atoms with Gasteiger partial charge in [0.05, 0.1) is 7.11 Å². The van der Waals surface area contributed by atoms with Crippen LogP contribution in [-0.4, -0.2) is 50.7 Å². The quantitative estimate of drug-likeness (QED) is 0.551. The molecule has 0 radical (unpaired) electrons. The summed E-state index contributed by atoms with van der Waals surface area (Å²) in [5.74, 6) is 2.21. The first kappa shape index (κ1) is 21.4. The van der Waals surface area contributed by atoms with Gasteiger partial charge in [0.1, 0.15) is 17.6 Å². The largest absolute Gasteiger partial charge is 0.497 e. The molecular formula is C25H27ClN4O. The van der Waals surface area contributed by atoms with Gasteiger partial charge in [-0.2, -0.15) is 5.26 Å².